The summed E-state index contributed by atoms with van der Waals surface area (Å²) in [4.78, 5) is 2.31. The highest BCUT2D eigenvalue weighted by Gasteiger charge is 2.51. The van der Waals surface area contributed by atoms with Gasteiger partial charge in [0.2, 0.25) is 0 Å². The molecule has 0 radical (unpaired) electrons. The molecular formula is C33H71NO17Si4. The molecule has 4 heterocycles. The van der Waals surface area contributed by atoms with E-state index in [1.165, 1.54) is 0 Å². The zero-order valence-corrected chi connectivity index (χ0v) is 38.8. The maximum absolute atomic E-state index is 6.98. The Morgan fingerprint density at radius 2 is 0.745 bits per heavy atom. The Kier molecular flexibility index (Phi) is 23.7. The molecule has 18 nitrogen and oxygen atoms in total. The van der Waals surface area contributed by atoms with Gasteiger partial charge in [-0.05, 0) is 25.7 Å². The highest BCUT2D eigenvalue weighted by Crippen LogP contribution is 2.30. The number of rotatable bonds is 33. The molecule has 4 fully saturated rings. The predicted octanol–water partition coefficient (Wildman–Crippen LogP) is 2.07. The van der Waals surface area contributed by atoms with Gasteiger partial charge in [0.1, 0.15) is 6.10 Å². The molecule has 55 heavy (non-hydrogen) atoms. The first kappa shape index (κ1) is 49.5. The molecule has 0 aromatic rings. The van der Waals surface area contributed by atoms with Crippen molar-refractivity contribution in [3.8, 4) is 0 Å². The number of hydrogen-bond acceptors (Lipinski definition) is 18. The van der Waals surface area contributed by atoms with Gasteiger partial charge in [0.25, 0.3) is 0 Å². The molecule has 0 aromatic heterocycles. The lowest BCUT2D eigenvalue weighted by Crippen LogP contribution is -2.64. The molecule has 4 rings (SSSR count). The standard InChI is InChI=1S/C33H71NO17Si4/c1-35-52(36-2,37-3)18-10-14-44-25-30-22-34-23-31(26-45-15-11-19-53(38-4,39-5)40-6)50-55(49-30,21-13-17-47-28-33-29-48-33)51-32(24-34)27-46-16-12-20-54(41-7,42-8)43-9/h30-33H,10-29H2,1-9H3. The Hall–Kier alpha value is 0.148. The van der Waals surface area contributed by atoms with E-state index in [4.69, 9.17) is 76.8 Å². The molecular weight excluding hydrogens is 795 g/mol. The average molecular weight is 866 g/mol. The van der Waals surface area contributed by atoms with Crippen molar-refractivity contribution in [2.24, 2.45) is 0 Å². The van der Waals surface area contributed by atoms with Crippen LogP contribution in [0.3, 0.4) is 0 Å². The molecule has 2 bridgehead atoms. The van der Waals surface area contributed by atoms with Crippen molar-refractivity contribution in [3.63, 3.8) is 0 Å². The van der Waals surface area contributed by atoms with Crippen LogP contribution in [-0.2, 0) is 76.8 Å². The molecule has 4 atom stereocenters. The number of nitrogens with zero attached hydrogens (tertiary/aromatic N) is 1. The first-order valence-electron chi connectivity index (χ1n) is 19.3. The average Bonchev–Trinajstić information content (AvgIpc) is 4.02. The highest BCUT2D eigenvalue weighted by molar-refractivity contribution is 6.61. The Labute approximate surface area is 333 Å². The van der Waals surface area contributed by atoms with Crippen molar-refractivity contribution in [3.05, 3.63) is 0 Å². The summed E-state index contributed by atoms with van der Waals surface area (Å²) in [6.07, 6.45) is 2.25. The Morgan fingerprint density at radius 3 is 1.04 bits per heavy atom. The monoisotopic (exact) mass is 865 g/mol. The third-order valence-electron chi connectivity index (χ3n) is 9.93. The van der Waals surface area contributed by atoms with Gasteiger partial charge < -0.3 is 76.8 Å². The molecule has 4 aliphatic heterocycles. The second-order valence-corrected chi connectivity index (χ2v) is 25.5. The SMILES string of the molecule is CO[Si](CCCOCC1CN2CC(COCCC[Si](OC)(OC)OC)O[Si](CCCOCC3CO3)(O1)OC(COCCC[Si](OC)(OC)OC)C2)(OC)OC. The van der Waals surface area contributed by atoms with E-state index in [-0.39, 0.29) is 24.4 Å². The van der Waals surface area contributed by atoms with Crippen LogP contribution in [-0.4, -0.2) is 208 Å². The highest BCUT2D eigenvalue weighted by atomic mass is 28.4. The van der Waals surface area contributed by atoms with E-state index >= 15 is 0 Å². The summed E-state index contributed by atoms with van der Waals surface area (Å²) >= 11 is 0. The topological polar surface area (TPSA) is 163 Å². The van der Waals surface area contributed by atoms with Crippen LogP contribution in [0.25, 0.3) is 0 Å². The number of ether oxygens (including phenoxy) is 5. The Balaban J connectivity index is 1.70. The summed E-state index contributed by atoms with van der Waals surface area (Å²) in [5, 5.41) is 0. The van der Waals surface area contributed by atoms with Crippen molar-refractivity contribution in [2.45, 2.75) is 74.3 Å². The van der Waals surface area contributed by atoms with Gasteiger partial charge in [0.05, 0.1) is 51.3 Å². The van der Waals surface area contributed by atoms with E-state index in [2.05, 4.69) is 4.90 Å². The minimum absolute atomic E-state index is 0.191. The van der Waals surface area contributed by atoms with Crippen LogP contribution in [0, 0.1) is 0 Å². The zero-order valence-electron chi connectivity index (χ0n) is 34.8. The summed E-state index contributed by atoms with van der Waals surface area (Å²) in [6.45, 7) is 6.45. The molecule has 4 aliphatic rings. The van der Waals surface area contributed by atoms with Crippen molar-refractivity contribution in [1.82, 2.24) is 4.90 Å². The van der Waals surface area contributed by atoms with Gasteiger partial charge in [0.15, 0.2) is 0 Å². The van der Waals surface area contributed by atoms with Crippen molar-refractivity contribution >= 4 is 35.2 Å². The van der Waals surface area contributed by atoms with Gasteiger partial charge in [-0.15, -0.1) is 0 Å². The minimum Gasteiger partial charge on any atom is -0.379 e. The van der Waals surface area contributed by atoms with Crippen LogP contribution in [0.15, 0.2) is 0 Å². The fourth-order valence-electron chi connectivity index (χ4n) is 6.74. The Morgan fingerprint density at radius 1 is 0.455 bits per heavy atom. The molecule has 326 valence electrons. The van der Waals surface area contributed by atoms with E-state index in [0.29, 0.717) is 103 Å². The van der Waals surface area contributed by atoms with Crippen LogP contribution >= 0.6 is 0 Å². The maximum atomic E-state index is 6.98. The number of fused-ring (bicyclic) bond motifs is 6. The number of epoxide rings is 1. The summed E-state index contributed by atoms with van der Waals surface area (Å²) in [7, 11) is 3.14. The molecule has 4 saturated heterocycles. The van der Waals surface area contributed by atoms with E-state index in [1.807, 2.05) is 0 Å². The van der Waals surface area contributed by atoms with Crippen LogP contribution in [0.2, 0.25) is 24.2 Å². The quantitative estimate of drug-likeness (QED) is 0.0535. The summed E-state index contributed by atoms with van der Waals surface area (Å²) in [6, 6.07) is 2.50. The lowest BCUT2D eigenvalue weighted by atomic mass is 10.2. The van der Waals surface area contributed by atoms with Crippen molar-refractivity contribution in [2.75, 3.05) is 143 Å². The molecule has 0 N–H and O–H groups in total. The normalized spacial score (nSPS) is 26.2. The lowest BCUT2D eigenvalue weighted by Gasteiger charge is -2.47. The van der Waals surface area contributed by atoms with Crippen LogP contribution in [0.4, 0.5) is 0 Å². The van der Waals surface area contributed by atoms with E-state index in [1.54, 1.807) is 64.0 Å². The molecule has 22 heteroatoms. The van der Waals surface area contributed by atoms with Crippen molar-refractivity contribution in [1.29, 1.82) is 0 Å². The second kappa shape index (κ2) is 26.4. The minimum atomic E-state index is -3.36. The molecule has 0 aromatic carbocycles. The van der Waals surface area contributed by atoms with Crippen LogP contribution < -0.4 is 0 Å². The summed E-state index contributed by atoms with van der Waals surface area (Å²) in [5.41, 5.74) is 0. The zero-order chi connectivity index (χ0) is 40.0. The largest absolute Gasteiger partial charge is 0.502 e. The maximum Gasteiger partial charge on any atom is 0.502 e. The predicted molar refractivity (Wildman–Crippen MR) is 208 cm³/mol. The Bertz CT molecular complexity index is 872. The third kappa shape index (κ3) is 17.0. The van der Waals surface area contributed by atoms with Crippen molar-refractivity contribution < 1.29 is 76.8 Å². The van der Waals surface area contributed by atoms with Gasteiger partial charge in [-0.1, -0.05) is 0 Å². The first-order valence-corrected chi connectivity index (χ1v) is 27.0. The van der Waals surface area contributed by atoms with Crippen LogP contribution in [0.5, 0.6) is 0 Å². The fraction of sp³-hybridized carbons (Fsp3) is 1.00. The summed E-state index contributed by atoms with van der Waals surface area (Å²) in [5.74, 6) is 0. The van der Waals surface area contributed by atoms with Crippen LogP contribution in [0.1, 0.15) is 25.7 Å². The molecule has 4 unspecified atom stereocenters. The fourth-order valence-corrected chi connectivity index (χ4v) is 14.9. The lowest BCUT2D eigenvalue weighted by molar-refractivity contribution is -0.127. The molecule has 0 aliphatic carbocycles. The van der Waals surface area contributed by atoms with Gasteiger partial charge in [-0.2, -0.15) is 0 Å². The van der Waals surface area contributed by atoms with Gasteiger partial charge in [0, 0.05) is 134 Å². The smallest absolute Gasteiger partial charge is 0.379 e. The molecule has 0 spiro atoms. The molecule has 0 amide bonds. The van der Waals surface area contributed by atoms with Gasteiger partial charge in [-0.25, -0.2) is 0 Å². The number of hydrogen-bond donors (Lipinski definition) is 0. The third-order valence-corrected chi connectivity index (χ3v) is 21.5. The van der Waals surface area contributed by atoms with E-state index < -0.39 is 35.2 Å². The van der Waals surface area contributed by atoms with E-state index in [0.717, 1.165) is 25.9 Å². The summed E-state index contributed by atoms with van der Waals surface area (Å²) < 4.78 is 101. The first-order chi connectivity index (χ1) is 26.6. The van der Waals surface area contributed by atoms with E-state index in [9.17, 15) is 0 Å². The molecule has 0 saturated carbocycles. The van der Waals surface area contributed by atoms with Gasteiger partial charge >= 0.3 is 35.2 Å². The van der Waals surface area contributed by atoms with Gasteiger partial charge in [-0.3, -0.25) is 4.90 Å². The second-order valence-electron chi connectivity index (χ2n) is 13.7.